The summed E-state index contributed by atoms with van der Waals surface area (Å²) in [5.74, 6) is 0. The highest BCUT2D eigenvalue weighted by Crippen LogP contribution is 2.61. The zero-order chi connectivity index (χ0) is 10.5. The van der Waals surface area contributed by atoms with Crippen molar-refractivity contribution in [3.8, 4) is 0 Å². The van der Waals surface area contributed by atoms with Crippen LogP contribution in [0.3, 0.4) is 0 Å². The Bertz CT molecular complexity index is 353. The predicted molar refractivity (Wildman–Crippen MR) is 54.8 cm³/mol. The number of halogens is 3. The van der Waals surface area contributed by atoms with Crippen LogP contribution >= 0.6 is 38.9 Å². The molecule has 0 spiro atoms. The normalized spacial score (nSPS) is 10.2. The molecule has 0 bridgehead atoms. The molecule has 74 valence electrons. The SMILES string of the molecule is Cc1ccn[nH]c1=O.O=P(Cl)(Cl)Cl. The van der Waals surface area contributed by atoms with Gasteiger partial charge < -0.3 is 0 Å². The molecule has 0 unspecified atom stereocenters. The van der Waals surface area contributed by atoms with Gasteiger partial charge in [-0.25, -0.2) is 5.10 Å². The summed E-state index contributed by atoms with van der Waals surface area (Å²) < 4.78 is 9.51. The lowest BCUT2D eigenvalue weighted by atomic mass is 10.4. The quantitative estimate of drug-likeness (QED) is 0.732. The third kappa shape index (κ3) is 9.90. The molecule has 0 saturated heterocycles. The lowest BCUT2D eigenvalue weighted by molar-refractivity contribution is 0.600. The van der Waals surface area contributed by atoms with Crippen LogP contribution in [-0.4, -0.2) is 10.2 Å². The molecule has 0 saturated carbocycles. The molecule has 1 heterocycles. The molecule has 0 aliphatic rings. The molecule has 0 aliphatic carbocycles. The summed E-state index contributed by atoms with van der Waals surface area (Å²) in [6.07, 6.45) is 1.55. The van der Waals surface area contributed by atoms with Crippen LogP contribution in [0.2, 0.25) is 0 Å². The van der Waals surface area contributed by atoms with Gasteiger partial charge in [0.15, 0.2) is 0 Å². The molecule has 0 radical (unpaired) electrons. The Morgan fingerprint density at radius 2 is 1.92 bits per heavy atom. The van der Waals surface area contributed by atoms with Crippen LogP contribution in [-0.2, 0) is 4.57 Å². The number of aryl methyl sites for hydroxylation is 1. The topological polar surface area (TPSA) is 62.8 Å². The third-order valence-corrected chi connectivity index (χ3v) is 0.923. The number of aromatic amines is 1. The van der Waals surface area contributed by atoms with E-state index in [1.807, 2.05) is 0 Å². The number of nitrogens with zero attached hydrogens (tertiary/aromatic N) is 1. The van der Waals surface area contributed by atoms with Gasteiger partial charge in [0.2, 0.25) is 0 Å². The fourth-order valence-electron chi connectivity index (χ4n) is 0.409. The average Bonchev–Trinajstić information content (AvgIpc) is 1.92. The van der Waals surface area contributed by atoms with E-state index in [1.165, 1.54) is 0 Å². The zero-order valence-electron chi connectivity index (χ0n) is 6.50. The number of aromatic nitrogens is 2. The first kappa shape index (κ1) is 13.0. The summed E-state index contributed by atoms with van der Waals surface area (Å²) in [6, 6.07) is 1.67. The second-order valence-electron chi connectivity index (χ2n) is 1.97. The predicted octanol–water partition coefficient (Wildman–Crippen LogP) is 2.89. The average molecular weight is 263 g/mol. The van der Waals surface area contributed by atoms with Gasteiger partial charge in [-0.15, -0.1) is 0 Å². The maximum atomic E-state index is 10.5. The largest absolute Gasteiger partial charge is 0.339 e. The summed E-state index contributed by atoms with van der Waals surface area (Å²) in [6.45, 7) is 1.74. The van der Waals surface area contributed by atoms with Gasteiger partial charge in [0.05, 0.1) is 0 Å². The minimum Gasteiger partial charge on any atom is -0.271 e. The van der Waals surface area contributed by atoms with Crippen LogP contribution in [0, 0.1) is 6.92 Å². The molecule has 0 atom stereocenters. The van der Waals surface area contributed by atoms with Gasteiger partial charge in [-0.3, -0.25) is 9.36 Å². The Kier molecular flexibility index (Phi) is 5.65. The molecule has 0 aromatic carbocycles. The smallest absolute Gasteiger partial charge is 0.271 e. The number of hydrogen-bond donors (Lipinski definition) is 1. The van der Waals surface area contributed by atoms with Crippen molar-refractivity contribution in [1.29, 1.82) is 0 Å². The molecule has 1 aromatic heterocycles. The molecule has 0 aliphatic heterocycles. The van der Waals surface area contributed by atoms with E-state index in [0.717, 1.165) is 0 Å². The van der Waals surface area contributed by atoms with E-state index in [9.17, 15) is 9.36 Å². The van der Waals surface area contributed by atoms with E-state index in [2.05, 4.69) is 43.9 Å². The highest BCUT2D eigenvalue weighted by Gasteiger charge is 2.02. The van der Waals surface area contributed by atoms with Crippen molar-refractivity contribution >= 4 is 38.9 Å². The van der Waals surface area contributed by atoms with E-state index in [0.29, 0.717) is 5.56 Å². The molecule has 4 nitrogen and oxygen atoms in total. The molecular formula is C5H6Cl3N2O2P. The van der Waals surface area contributed by atoms with Crippen molar-refractivity contribution in [2.45, 2.75) is 6.92 Å². The van der Waals surface area contributed by atoms with E-state index in [1.54, 1.807) is 19.2 Å². The van der Waals surface area contributed by atoms with Gasteiger partial charge in [0, 0.05) is 11.8 Å². The minimum atomic E-state index is -3.22. The van der Waals surface area contributed by atoms with Crippen molar-refractivity contribution in [1.82, 2.24) is 10.2 Å². The maximum Gasteiger partial charge on any atom is 0.339 e. The number of hydrogen-bond acceptors (Lipinski definition) is 3. The van der Waals surface area contributed by atoms with Crippen LogP contribution in [0.25, 0.3) is 0 Å². The van der Waals surface area contributed by atoms with E-state index in [-0.39, 0.29) is 5.56 Å². The first-order valence-corrected chi connectivity index (χ1v) is 7.42. The van der Waals surface area contributed by atoms with Gasteiger partial charge in [-0.2, -0.15) is 5.10 Å². The first-order valence-electron chi connectivity index (χ1n) is 3.00. The maximum absolute atomic E-state index is 10.5. The molecule has 1 rings (SSSR count). The first-order chi connectivity index (χ1) is 5.80. The molecule has 8 heteroatoms. The Morgan fingerprint density at radius 3 is 2.15 bits per heavy atom. The Hall–Kier alpha value is -0.0200. The Labute approximate surface area is 88.9 Å². The van der Waals surface area contributed by atoms with Gasteiger partial charge in [-0.05, 0) is 46.7 Å². The van der Waals surface area contributed by atoms with Crippen molar-refractivity contribution in [3.63, 3.8) is 0 Å². The lowest BCUT2D eigenvalue weighted by Crippen LogP contribution is -2.08. The second-order valence-corrected chi connectivity index (χ2v) is 8.61. The number of rotatable bonds is 0. The van der Waals surface area contributed by atoms with Crippen molar-refractivity contribution in [3.05, 3.63) is 28.2 Å². The summed E-state index contributed by atoms with van der Waals surface area (Å²) in [5, 5.41) is 2.58. The monoisotopic (exact) mass is 262 g/mol. The zero-order valence-corrected chi connectivity index (χ0v) is 9.66. The van der Waals surface area contributed by atoms with Gasteiger partial charge in [-0.1, -0.05) is 0 Å². The summed E-state index contributed by atoms with van der Waals surface area (Å²) >= 11 is 13.8. The fourth-order valence-corrected chi connectivity index (χ4v) is 0.409. The lowest BCUT2D eigenvalue weighted by Gasteiger charge is -1.82. The summed E-state index contributed by atoms with van der Waals surface area (Å²) in [7, 11) is 0. The second kappa shape index (κ2) is 5.66. The molecule has 13 heavy (non-hydrogen) atoms. The summed E-state index contributed by atoms with van der Waals surface area (Å²) in [5.41, 5.74) is 0.576. The van der Waals surface area contributed by atoms with Crippen LogP contribution in [0.1, 0.15) is 5.56 Å². The molecule has 1 N–H and O–H groups in total. The molecule has 0 fully saturated rings. The number of nitrogens with one attached hydrogen (secondary N) is 1. The van der Waals surface area contributed by atoms with E-state index < -0.39 is 5.20 Å². The third-order valence-electron chi connectivity index (χ3n) is 0.923. The van der Waals surface area contributed by atoms with E-state index >= 15 is 0 Å². The van der Waals surface area contributed by atoms with Gasteiger partial charge in [0.25, 0.3) is 5.56 Å². The standard InChI is InChI=1S/C5H6N2O.Cl3OP/c1-4-2-3-6-7-5(4)8;1-5(2,3)4/h2-3H,1H3,(H,7,8);. The van der Waals surface area contributed by atoms with Crippen LogP contribution < -0.4 is 5.56 Å². The van der Waals surface area contributed by atoms with Crippen LogP contribution in [0.4, 0.5) is 0 Å². The van der Waals surface area contributed by atoms with Crippen molar-refractivity contribution in [2.24, 2.45) is 0 Å². The highest BCUT2D eigenvalue weighted by atomic mass is 36.0. The minimum absolute atomic E-state index is 0.118. The van der Waals surface area contributed by atoms with Crippen LogP contribution in [0.15, 0.2) is 17.1 Å². The summed E-state index contributed by atoms with van der Waals surface area (Å²) in [4.78, 5) is 10.5. The van der Waals surface area contributed by atoms with E-state index in [4.69, 9.17) is 0 Å². The molecule has 1 aromatic rings. The van der Waals surface area contributed by atoms with Crippen LogP contribution in [0.5, 0.6) is 0 Å². The fraction of sp³-hybridized carbons (Fsp3) is 0.200. The van der Waals surface area contributed by atoms with Crippen molar-refractivity contribution in [2.75, 3.05) is 0 Å². The van der Waals surface area contributed by atoms with Gasteiger partial charge >= 0.3 is 5.20 Å². The Morgan fingerprint density at radius 1 is 1.46 bits per heavy atom. The molecule has 0 amide bonds. The molecular weight excluding hydrogens is 257 g/mol. The number of H-pyrrole nitrogens is 1. The van der Waals surface area contributed by atoms with Gasteiger partial charge in [0.1, 0.15) is 0 Å². The highest BCUT2D eigenvalue weighted by molar-refractivity contribution is 8.24. The van der Waals surface area contributed by atoms with Crippen molar-refractivity contribution < 1.29 is 4.57 Å². The Balaban J connectivity index is 0.000000252.